The van der Waals surface area contributed by atoms with Crippen LogP contribution in [0.25, 0.3) is 0 Å². The molecule has 3 N–H and O–H groups in total. The van der Waals surface area contributed by atoms with Gasteiger partial charge in [-0.15, -0.1) is 0 Å². The lowest BCUT2D eigenvalue weighted by atomic mass is 10.0. The summed E-state index contributed by atoms with van der Waals surface area (Å²) in [5.41, 5.74) is 0. The zero-order valence-electron chi connectivity index (χ0n) is 59.2. The van der Waals surface area contributed by atoms with Crippen molar-refractivity contribution in [1.82, 2.24) is 5.32 Å². The maximum Gasteiger partial charge on any atom is 0.472 e. The molecule has 0 aromatic rings. The molecule has 0 saturated heterocycles. The summed E-state index contributed by atoms with van der Waals surface area (Å²) in [7, 11) is 1.55. The molecule has 0 spiro atoms. The number of phosphoric acid groups is 1. The molecule has 0 heterocycles. The van der Waals surface area contributed by atoms with Crippen LogP contribution in [0.15, 0.2) is 109 Å². The highest BCUT2D eigenvalue weighted by atomic mass is 31.2. The Morgan fingerprint density at radius 3 is 1.03 bits per heavy atom. The van der Waals surface area contributed by atoms with E-state index in [1.807, 2.05) is 27.2 Å². The first-order valence-electron chi connectivity index (χ1n) is 37.8. The van der Waals surface area contributed by atoms with Crippen LogP contribution >= 0.6 is 7.82 Å². The molecular formula is C80H146N2O6P+. The smallest absolute Gasteiger partial charge is 0.387 e. The van der Waals surface area contributed by atoms with Gasteiger partial charge in [0.2, 0.25) is 5.91 Å². The molecule has 0 aliphatic heterocycles. The highest BCUT2D eigenvalue weighted by Gasteiger charge is 2.28. The number of unbranched alkanes of at least 4 members (excludes halogenated alkanes) is 40. The van der Waals surface area contributed by atoms with Crippen LogP contribution in [-0.4, -0.2) is 73.4 Å². The Balaban J connectivity index is 4.08. The fraction of sp³-hybridized carbons (Fsp3) is 0.762. The number of nitrogens with one attached hydrogen (secondary N) is 1. The molecule has 89 heavy (non-hydrogen) atoms. The van der Waals surface area contributed by atoms with Crippen molar-refractivity contribution < 1.29 is 32.9 Å². The van der Waals surface area contributed by atoms with Crippen LogP contribution in [0.4, 0.5) is 0 Å². The summed E-state index contributed by atoms with van der Waals surface area (Å²) in [6.45, 7) is 4.71. The third-order valence-corrected chi connectivity index (χ3v) is 17.7. The summed E-state index contributed by atoms with van der Waals surface area (Å²) >= 11 is 0. The quantitative estimate of drug-likeness (QED) is 0.0243. The lowest BCUT2D eigenvalue weighted by Gasteiger charge is -2.25. The number of hydrogen-bond acceptors (Lipinski definition) is 5. The molecule has 3 unspecified atom stereocenters. The van der Waals surface area contributed by atoms with Crippen LogP contribution in [0, 0.1) is 0 Å². The number of nitrogens with zero attached hydrogens (tertiary/aromatic N) is 1. The third-order valence-electron chi connectivity index (χ3n) is 16.7. The van der Waals surface area contributed by atoms with Crippen LogP contribution in [0.5, 0.6) is 0 Å². The Labute approximate surface area is 552 Å². The number of rotatable bonds is 69. The highest BCUT2D eigenvalue weighted by Crippen LogP contribution is 2.43. The first kappa shape index (κ1) is 86.2. The number of phosphoric ester groups is 1. The van der Waals surface area contributed by atoms with Crippen molar-refractivity contribution in [2.45, 2.75) is 353 Å². The van der Waals surface area contributed by atoms with Gasteiger partial charge in [-0.05, 0) is 89.9 Å². The van der Waals surface area contributed by atoms with E-state index in [9.17, 15) is 19.4 Å². The van der Waals surface area contributed by atoms with Crippen molar-refractivity contribution in [3.63, 3.8) is 0 Å². The molecule has 3 atom stereocenters. The van der Waals surface area contributed by atoms with Crippen molar-refractivity contribution >= 4 is 13.7 Å². The van der Waals surface area contributed by atoms with E-state index < -0.39 is 20.0 Å². The van der Waals surface area contributed by atoms with E-state index in [2.05, 4.69) is 116 Å². The van der Waals surface area contributed by atoms with E-state index in [1.165, 1.54) is 238 Å². The van der Waals surface area contributed by atoms with Crippen LogP contribution < -0.4 is 5.32 Å². The lowest BCUT2D eigenvalue weighted by molar-refractivity contribution is -0.870. The van der Waals surface area contributed by atoms with Crippen molar-refractivity contribution in [1.29, 1.82) is 0 Å². The summed E-state index contributed by atoms with van der Waals surface area (Å²) < 4.78 is 23.8. The minimum absolute atomic E-state index is 0.0523. The number of aliphatic hydroxyl groups excluding tert-OH is 1. The fourth-order valence-corrected chi connectivity index (χ4v) is 11.7. The fourth-order valence-electron chi connectivity index (χ4n) is 10.9. The Bertz CT molecular complexity index is 1820. The molecule has 0 aliphatic rings. The normalized spacial score (nSPS) is 14.2. The first-order valence-corrected chi connectivity index (χ1v) is 39.3. The summed E-state index contributed by atoms with van der Waals surface area (Å²) in [5.74, 6) is -0.188. The van der Waals surface area contributed by atoms with Crippen molar-refractivity contribution in [3.05, 3.63) is 109 Å². The van der Waals surface area contributed by atoms with Gasteiger partial charge in [-0.3, -0.25) is 13.8 Å². The van der Waals surface area contributed by atoms with Crippen molar-refractivity contribution in [2.75, 3.05) is 40.9 Å². The number of allylic oxidation sites excluding steroid dienone is 17. The summed E-state index contributed by atoms with van der Waals surface area (Å²) in [5, 5.41) is 14.0. The van der Waals surface area contributed by atoms with Gasteiger partial charge in [-0.25, -0.2) is 4.57 Å². The Hall–Kier alpha value is -2.84. The van der Waals surface area contributed by atoms with E-state index in [1.54, 1.807) is 6.08 Å². The molecule has 0 fully saturated rings. The molecule has 0 saturated carbocycles. The van der Waals surface area contributed by atoms with Crippen LogP contribution in [-0.2, 0) is 18.4 Å². The Kier molecular flexibility index (Phi) is 67.3. The topological polar surface area (TPSA) is 105 Å². The van der Waals surface area contributed by atoms with E-state index in [0.717, 1.165) is 83.5 Å². The zero-order valence-corrected chi connectivity index (χ0v) is 60.0. The zero-order chi connectivity index (χ0) is 64.8. The van der Waals surface area contributed by atoms with Crippen LogP contribution in [0.3, 0.4) is 0 Å². The molecule has 0 aromatic heterocycles. The van der Waals surface area contributed by atoms with Crippen molar-refractivity contribution in [3.8, 4) is 0 Å². The molecule has 0 aliphatic carbocycles. The molecule has 0 aromatic carbocycles. The van der Waals surface area contributed by atoms with Gasteiger partial charge in [0.05, 0.1) is 39.9 Å². The van der Waals surface area contributed by atoms with E-state index in [0.29, 0.717) is 17.4 Å². The number of carbonyl (C=O) groups excluding carboxylic acids is 1. The van der Waals surface area contributed by atoms with Gasteiger partial charge in [-0.2, -0.15) is 0 Å². The van der Waals surface area contributed by atoms with E-state index in [-0.39, 0.29) is 19.1 Å². The molecule has 9 heteroatoms. The molecule has 0 radical (unpaired) electrons. The number of carbonyl (C=O) groups is 1. The molecular weight excluding hydrogens is 1120 g/mol. The Morgan fingerprint density at radius 2 is 0.685 bits per heavy atom. The monoisotopic (exact) mass is 1260 g/mol. The molecule has 0 bridgehead atoms. The number of likely N-dealkylation sites (N-methyl/N-ethyl adjacent to an activating group) is 1. The van der Waals surface area contributed by atoms with Gasteiger partial charge in [0.15, 0.2) is 0 Å². The van der Waals surface area contributed by atoms with Crippen LogP contribution in [0.2, 0.25) is 0 Å². The van der Waals surface area contributed by atoms with Gasteiger partial charge in [-0.1, -0.05) is 354 Å². The second kappa shape index (κ2) is 69.5. The average molecular weight is 1260 g/mol. The number of quaternary nitrogens is 1. The average Bonchev–Trinajstić information content (AvgIpc) is 3.64. The minimum Gasteiger partial charge on any atom is -0.387 e. The summed E-state index contributed by atoms with van der Waals surface area (Å²) in [6.07, 6.45) is 103. The maximum atomic E-state index is 13.1. The van der Waals surface area contributed by atoms with Crippen molar-refractivity contribution in [2.24, 2.45) is 0 Å². The number of aliphatic hydroxyl groups is 1. The number of amides is 1. The standard InChI is InChI=1S/C80H145N2O6P/c1-6-8-10-12-14-16-18-20-22-24-26-28-30-32-34-36-38-40-41-42-44-46-48-50-52-54-56-58-60-62-64-66-68-70-72-74-80(84)81-78(77-88-89(85,86)87-76-75-82(3,4)5)79(83)73-71-69-67-65-63-61-59-57-55-53-51-49-47-45-43-39-37-35-33-31-29-27-25-23-21-19-17-15-13-11-9-7-2/h8,10,14,16,20,22,26,28,32,34,38,40,42,44,63,65,71,73,78-79,83H,6-7,9,11-13,15,17-19,21,23-25,27,29-31,33,35-37,39,41,43,45-62,64,66-70,72,74-77H2,1-5H3,(H-,81,84,85,86)/p+1/b10-8-,16-14-,22-20-,28-26-,34-32-,40-38-,44-42-,65-63+,73-71+. The predicted molar refractivity (Wildman–Crippen MR) is 392 cm³/mol. The van der Waals surface area contributed by atoms with Gasteiger partial charge in [0.1, 0.15) is 13.2 Å². The second-order valence-corrected chi connectivity index (χ2v) is 28.1. The third kappa shape index (κ3) is 72.4. The molecule has 0 rings (SSSR count). The largest absolute Gasteiger partial charge is 0.472 e. The molecule has 516 valence electrons. The molecule has 1 amide bonds. The lowest BCUT2D eigenvalue weighted by Crippen LogP contribution is -2.45. The minimum atomic E-state index is -4.37. The van der Waals surface area contributed by atoms with Gasteiger partial charge in [0.25, 0.3) is 0 Å². The van der Waals surface area contributed by atoms with Gasteiger partial charge in [0, 0.05) is 6.42 Å². The van der Waals surface area contributed by atoms with Crippen LogP contribution in [0.1, 0.15) is 341 Å². The maximum absolute atomic E-state index is 13.1. The SMILES string of the molecule is CC/C=C\C/C=C\C/C=C\C/C=C\C/C=C\C/C=C\C/C=C\CCCCCCCCCCCCCCCC(=O)NC(COP(=O)(O)OCC[N+](C)(C)C)C(O)/C=C/CC/C=C/CCCCCCCCCCCCCCCCCCCCCCCCCCCC. The summed E-state index contributed by atoms with van der Waals surface area (Å²) in [4.78, 5) is 23.5. The predicted octanol–water partition coefficient (Wildman–Crippen LogP) is 24.6. The summed E-state index contributed by atoms with van der Waals surface area (Å²) in [6, 6.07) is -0.873. The molecule has 8 nitrogen and oxygen atoms in total. The van der Waals surface area contributed by atoms with Gasteiger partial charge < -0.3 is 19.8 Å². The first-order chi connectivity index (χ1) is 43.5. The number of hydrogen-bond donors (Lipinski definition) is 3. The second-order valence-electron chi connectivity index (χ2n) is 26.6. The van der Waals surface area contributed by atoms with Gasteiger partial charge >= 0.3 is 7.82 Å². The highest BCUT2D eigenvalue weighted by molar-refractivity contribution is 7.47. The Morgan fingerprint density at radius 1 is 0.393 bits per heavy atom. The van der Waals surface area contributed by atoms with E-state index in [4.69, 9.17) is 9.05 Å². The van der Waals surface area contributed by atoms with E-state index >= 15 is 0 Å².